The lowest BCUT2D eigenvalue weighted by Crippen LogP contribution is -2.34. The second-order valence-electron chi connectivity index (χ2n) is 4.24. The SMILES string of the molecule is Cc1c(NC2=CC(=O)N(CCO)C2=O)ccc(F)c1F. The summed E-state index contributed by atoms with van der Waals surface area (Å²) in [7, 11) is 0. The van der Waals surface area contributed by atoms with E-state index in [-0.39, 0.29) is 30.1 Å². The number of β-amino-alcohol motifs (C(OH)–C–C–N with tert-alkyl or cyclic N) is 1. The van der Waals surface area contributed by atoms with Crippen LogP contribution in [0.5, 0.6) is 0 Å². The Morgan fingerprint density at radius 2 is 2.00 bits per heavy atom. The van der Waals surface area contributed by atoms with E-state index in [0.717, 1.165) is 17.0 Å². The topological polar surface area (TPSA) is 69.6 Å². The van der Waals surface area contributed by atoms with Gasteiger partial charge in [0.1, 0.15) is 5.70 Å². The number of aliphatic hydroxyl groups is 1. The molecule has 1 aliphatic heterocycles. The molecule has 0 radical (unpaired) electrons. The maximum atomic E-state index is 13.4. The highest BCUT2D eigenvalue weighted by Crippen LogP contribution is 2.23. The molecule has 2 rings (SSSR count). The molecule has 1 heterocycles. The Balaban J connectivity index is 2.24. The molecular formula is C13H12F2N2O3. The fraction of sp³-hybridized carbons (Fsp3) is 0.231. The third-order valence-electron chi connectivity index (χ3n) is 2.94. The number of amides is 2. The highest BCUT2D eigenvalue weighted by atomic mass is 19.2. The van der Waals surface area contributed by atoms with Gasteiger partial charge in [-0.05, 0) is 19.1 Å². The average molecular weight is 282 g/mol. The van der Waals surface area contributed by atoms with Gasteiger partial charge in [-0.25, -0.2) is 8.78 Å². The van der Waals surface area contributed by atoms with Crippen molar-refractivity contribution in [1.82, 2.24) is 4.90 Å². The van der Waals surface area contributed by atoms with Crippen LogP contribution in [0.25, 0.3) is 0 Å². The van der Waals surface area contributed by atoms with Crippen LogP contribution in [0.4, 0.5) is 14.5 Å². The largest absolute Gasteiger partial charge is 0.395 e. The fourth-order valence-corrected chi connectivity index (χ4v) is 1.84. The second-order valence-corrected chi connectivity index (χ2v) is 4.24. The Hall–Kier alpha value is -2.28. The number of benzene rings is 1. The maximum Gasteiger partial charge on any atom is 0.277 e. The predicted molar refractivity (Wildman–Crippen MR) is 66.6 cm³/mol. The highest BCUT2D eigenvalue weighted by Gasteiger charge is 2.30. The minimum absolute atomic E-state index is 0.00626. The first-order valence-electron chi connectivity index (χ1n) is 5.85. The van der Waals surface area contributed by atoms with E-state index in [0.29, 0.717) is 0 Å². The number of imide groups is 1. The van der Waals surface area contributed by atoms with E-state index in [4.69, 9.17) is 5.11 Å². The molecule has 106 valence electrons. The second kappa shape index (κ2) is 5.38. The number of nitrogens with one attached hydrogen (secondary N) is 1. The maximum absolute atomic E-state index is 13.4. The van der Waals surface area contributed by atoms with E-state index >= 15 is 0 Å². The zero-order valence-corrected chi connectivity index (χ0v) is 10.6. The van der Waals surface area contributed by atoms with Gasteiger partial charge in [-0.2, -0.15) is 0 Å². The molecule has 1 aromatic carbocycles. The minimum Gasteiger partial charge on any atom is -0.395 e. The van der Waals surface area contributed by atoms with Crippen molar-refractivity contribution in [2.75, 3.05) is 18.5 Å². The van der Waals surface area contributed by atoms with Crippen molar-refractivity contribution in [1.29, 1.82) is 0 Å². The first kappa shape index (κ1) is 14.1. The third kappa shape index (κ3) is 2.39. The monoisotopic (exact) mass is 282 g/mol. The Morgan fingerprint density at radius 3 is 2.65 bits per heavy atom. The summed E-state index contributed by atoms with van der Waals surface area (Å²) in [4.78, 5) is 24.3. The normalized spacial score (nSPS) is 14.8. The molecule has 0 atom stereocenters. The molecule has 0 fully saturated rings. The summed E-state index contributed by atoms with van der Waals surface area (Å²) in [5.74, 6) is -3.18. The van der Waals surface area contributed by atoms with Crippen LogP contribution < -0.4 is 5.32 Å². The number of rotatable bonds is 4. The van der Waals surface area contributed by atoms with Crippen LogP contribution in [0.15, 0.2) is 23.9 Å². The van der Waals surface area contributed by atoms with Crippen LogP contribution in [0.3, 0.4) is 0 Å². The number of anilines is 1. The Labute approximate surface area is 113 Å². The quantitative estimate of drug-likeness (QED) is 0.806. The van der Waals surface area contributed by atoms with Crippen LogP contribution in [-0.4, -0.2) is 35.0 Å². The average Bonchev–Trinajstić information content (AvgIpc) is 2.67. The number of aliphatic hydroxyl groups excluding tert-OH is 1. The molecular weight excluding hydrogens is 270 g/mol. The molecule has 1 aromatic rings. The van der Waals surface area contributed by atoms with Crippen LogP contribution in [-0.2, 0) is 9.59 Å². The van der Waals surface area contributed by atoms with Crippen molar-refractivity contribution < 1.29 is 23.5 Å². The molecule has 2 N–H and O–H groups in total. The van der Waals surface area contributed by atoms with Gasteiger partial charge in [0.2, 0.25) is 0 Å². The van der Waals surface area contributed by atoms with E-state index < -0.39 is 23.4 Å². The molecule has 0 unspecified atom stereocenters. The number of halogens is 2. The number of carbonyl (C=O) groups excluding carboxylic acids is 2. The van der Waals surface area contributed by atoms with Gasteiger partial charge in [-0.15, -0.1) is 0 Å². The number of hydrogen-bond acceptors (Lipinski definition) is 4. The summed E-state index contributed by atoms with van der Waals surface area (Å²) in [6.07, 6.45) is 1.05. The molecule has 0 aromatic heterocycles. The van der Waals surface area contributed by atoms with E-state index in [2.05, 4.69) is 5.32 Å². The number of hydrogen-bond donors (Lipinski definition) is 2. The summed E-state index contributed by atoms with van der Waals surface area (Å²) >= 11 is 0. The summed E-state index contributed by atoms with van der Waals surface area (Å²) in [6, 6.07) is 2.21. The van der Waals surface area contributed by atoms with E-state index in [1.165, 1.54) is 13.0 Å². The van der Waals surface area contributed by atoms with Crippen LogP contribution in [0, 0.1) is 18.6 Å². The highest BCUT2D eigenvalue weighted by molar-refractivity contribution is 6.17. The first-order chi connectivity index (χ1) is 9.45. The molecule has 0 saturated carbocycles. The standard InChI is InChI=1S/C13H12F2N2O3/c1-7-9(3-2-8(14)12(7)15)16-10-6-11(19)17(4-5-18)13(10)20/h2-3,6,16,18H,4-5H2,1H3. The fourth-order valence-electron chi connectivity index (χ4n) is 1.84. The van der Waals surface area contributed by atoms with Crippen molar-refractivity contribution in [3.63, 3.8) is 0 Å². The van der Waals surface area contributed by atoms with Gasteiger partial charge in [0.15, 0.2) is 11.6 Å². The third-order valence-corrected chi connectivity index (χ3v) is 2.94. The number of nitrogens with zero attached hydrogens (tertiary/aromatic N) is 1. The van der Waals surface area contributed by atoms with Gasteiger partial charge in [0, 0.05) is 17.3 Å². The van der Waals surface area contributed by atoms with Crippen LogP contribution >= 0.6 is 0 Å². The molecule has 0 saturated heterocycles. The lowest BCUT2D eigenvalue weighted by atomic mass is 10.1. The molecule has 1 aliphatic rings. The van der Waals surface area contributed by atoms with Crippen LogP contribution in [0.2, 0.25) is 0 Å². The lowest BCUT2D eigenvalue weighted by Gasteiger charge is -2.14. The molecule has 7 heteroatoms. The van der Waals surface area contributed by atoms with Crippen molar-refractivity contribution in [2.24, 2.45) is 0 Å². The first-order valence-corrected chi connectivity index (χ1v) is 5.85. The van der Waals surface area contributed by atoms with Crippen molar-refractivity contribution in [2.45, 2.75) is 6.92 Å². The van der Waals surface area contributed by atoms with Gasteiger partial charge >= 0.3 is 0 Å². The molecule has 0 spiro atoms. The Kier molecular flexibility index (Phi) is 3.80. The van der Waals surface area contributed by atoms with E-state index in [1.807, 2.05) is 0 Å². The van der Waals surface area contributed by atoms with E-state index in [9.17, 15) is 18.4 Å². The van der Waals surface area contributed by atoms with Gasteiger partial charge < -0.3 is 10.4 Å². The van der Waals surface area contributed by atoms with Crippen molar-refractivity contribution >= 4 is 17.5 Å². The van der Waals surface area contributed by atoms with Crippen LogP contribution in [0.1, 0.15) is 5.56 Å². The number of carbonyl (C=O) groups is 2. The smallest absolute Gasteiger partial charge is 0.277 e. The van der Waals surface area contributed by atoms with E-state index in [1.54, 1.807) is 0 Å². The van der Waals surface area contributed by atoms with Crippen molar-refractivity contribution in [3.8, 4) is 0 Å². The predicted octanol–water partition coefficient (Wildman–Crippen LogP) is 0.930. The Morgan fingerprint density at radius 1 is 1.30 bits per heavy atom. The molecule has 2 amide bonds. The molecule has 0 aliphatic carbocycles. The summed E-state index contributed by atoms with van der Waals surface area (Å²) in [6.45, 7) is 0.896. The zero-order chi connectivity index (χ0) is 14.9. The van der Waals surface area contributed by atoms with Gasteiger partial charge in [-0.1, -0.05) is 0 Å². The summed E-state index contributed by atoms with van der Waals surface area (Å²) in [5, 5.41) is 11.4. The summed E-state index contributed by atoms with van der Waals surface area (Å²) in [5.41, 5.74) is 0.159. The zero-order valence-electron chi connectivity index (χ0n) is 10.6. The van der Waals surface area contributed by atoms with Gasteiger partial charge in [0.05, 0.1) is 13.2 Å². The molecule has 0 bridgehead atoms. The van der Waals surface area contributed by atoms with Gasteiger partial charge in [-0.3, -0.25) is 14.5 Å². The Bertz CT molecular complexity index is 614. The minimum atomic E-state index is -1.01. The lowest BCUT2D eigenvalue weighted by molar-refractivity contribution is -0.137. The molecule has 5 nitrogen and oxygen atoms in total. The molecule has 20 heavy (non-hydrogen) atoms. The van der Waals surface area contributed by atoms with Crippen molar-refractivity contribution in [3.05, 3.63) is 41.1 Å². The summed E-state index contributed by atoms with van der Waals surface area (Å²) < 4.78 is 26.4. The van der Waals surface area contributed by atoms with Gasteiger partial charge in [0.25, 0.3) is 11.8 Å².